The van der Waals surface area contributed by atoms with Crippen LogP contribution in [-0.4, -0.2) is 25.3 Å². The van der Waals surface area contributed by atoms with Crippen molar-refractivity contribution in [1.29, 1.82) is 0 Å². The minimum atomic E-state index is -4.06. The van der Waals surface area contributed by atoms with Crippen molar-refractivity contribution in [1.82, 2.24) is 5.32 Å². The molecule has 6 nitrogen and oxygen atoms in total. The first-order valence-electron chi connectivity index (χ1n) is 8.42. The molecular weight excluding hydrogens is 498 g/mol. The molecule has 1 saturated heterocycles. The zero-order valence-corrected chi connectivity index (χ0v) is 19.4. The number of aryl methyl sites for hydroxylation is 1. The van der Waals surface area contributed by atoms with Crippen LogP contribution in [0.3, 0.4) is 0 Å². The summed E-state index contributed by atoms with van der Waals surface area (Å²) in [6.45, 7) is 3.94. The molecule has 3 rings (SSSR count). The molecule has 1 fully saturated rings. The Labute approximate surface area is 186 Å². The maximum absolute atomic E-state index is 12.7. The van der Waals surface area contributed by atoms with Crippen molar-refractivity contribution in [2.75, 3.05) is 6.61 Å². The van der Waals surface area contributed by atoms with Crippen LogP contribution in [0.15, 0.2) is 50.7 Å². The summed E-state index contributed by atoms with van der Waals surface area (Å²) in [5.41, 5.74) is 1.56. The minimum absolute atomic E-state index is 0.0358. The van der Waals surface area contributed by atoms with E-state index in [1.54, 1.807) is 37.3 Å². The highest BCUT2D eigenvalue weighted by Crippen LogP contribution is 2.40. The van der Waals surface area contributed by atoms with Crippen molar-refractivity contribution < 1.29 is 22.1 Å². The van der Waals surface area contributed by atoms with Crippen LogP contribution in [0.5, 0.6) is 11.5 Å². The number of hydrogen-bond acceptors (Lipinski definition) is 7. The van der Waals surface area contributed by atoms with E-state index in [9.17, 15) is 13.2 Å². The maximum atomic E-state index is 12.7. The van der Waals surface area contributed by atoms with Crippen LogP contribution in [0.2, 0.25) is 0 Å². The van der Waals surface area contributed by atoms with Gasteiger partial charge in [0.05, 0.1) is 16.0 Å². The van der Waals surface area contributed by atoms with Crippen LogP contribution < -0.4 is 14.2 Å². The lowest BCUT2D eigenvalue weighted by atomic mass is 10.2. The number of benzene rings is 2. The number of carbonyl (C=O) groups is 1. The van der Waals surface area contributed by atoms with Crippen molar-refractivity contribution in [3.05, 3.63) is 56.9 Å². The van der Waals surface area contributed by atoms with Crippen molar-refractivity contribution in [2.24, 2.45) is 0 Å². The summed E-state index contributed by atoms with van der Waals surface area (Å²) in [6, 6.07) is 9.60. The van der Waals surface area contributed by atoms with Gasteiger partial charge in [-0.2, -0.15) is 8.42 Å². The van der Waals surface area contributed by atoms with Crippen molar-refractivity contribution in [2.45, 2.75) is 18.7 Å². The van der Waals surface area contributed by atoms with Crippen LogP contribution in [0.1, 0.15) is 18.1 Å². The van der Waals surface area contributed by atoms with Crippen LogP contribution in [0, 0.1) is 6.92 Å². The van der Waals surface area contributed by atoms with Crippen molar-refractivity contribution in [3.63, 3.8) is 0 Å². The fourth-order valence-corrected chi connectivity index (χ4v) is 5.10. The molecule has 0 aromatic heterocycles. The highest BCUT2D eigenvalue weighted by molar-refractivity contribution is 9.10. The van der Waals surface area contributed by atoms with Crippen molar-refractivity contribution >= 4 is 66.3 Å². The Balaban J connectivity index is 1.99. The number of hydrogen-bond donors (Lipinski definition) is 1. The third kappa shape index (κ3) is 5.19. The number of rotatable bonds is 6. The van der Waals surface area contributed by atoms with Crippen LogP contribution in [-0.2, 0) is 14.9 Å². The minimum Gasteiger partial charge on any atom is -0.490 e. The fourth-order valence-electron chi connectivity index (χ4n) is 2.45. The average molecular weight is 514 g/mol. The van der Waals surface area contributed by atoms with E-state index in [-0.39, 0.29) is 22.3 Å². The Morgan fingerprint density at radius 1 is 1.24 bits per heavy atom. The summed E-state index contributed by atoms with van der Waals surface area (Å²) < 4.78 is 37.1. The summed E-state index contributed by atoms with van der Waals surface area (Å²) in [6.07, 6.45) is 1.64. The monoisotopic (exact) mass is 513 g/mol. The van der Waals surface area contributed by atoms with Gasteiger partial charge >= 0.3 is 10.1 Å². The number of amides is 1. The first-order valence-corrected chi connectivity index (χ1v) is 11.8. The molecule has 29 heavy (non-hydrogen) atoms. The topological polar surface area (TPSA) is 81.7 Å². The zero-order valence-electron chi connectivity index (χ0n) is 15.4. The highest BCUT2D eigenvalue weighted by Gasteiger charge is 2.24. The molecule has 0 unspecified atom stereocenters. The molecule has 0 aliphatic carbocycles. The Morgan fingerprint density at radius 3 is 2.52 bits per heavy atom. The van der Waals surface area contributed by atoms with Gasteiger partial charge in [0.15, 0.2) is 11.5 Å². The Morgan fingerprint density at radius 2 is 1.93 bits per heavy atom. The van der Waals surface area contributed by atoms with Gasteiger partial charge in [-0.3, -0.25) is 4.79 Å². The van der Waals surface area contributed by atoms with E-state index in [1.165, 1.54) is 12.1 Å². The predicted molar refractivity (Wildman–Crippen MR) is 121 cm³/mol. The first-order chi connectivity index (χ1) is 13.7. The molecule has 0 radical (unpaired) electrons. The summed E-state index contributed by atoms with van der Waals surface area (Å²) in [5.74, 6) is -0.0135. The molecule has 1 amide bonds. The van der Waals surface area contributed by atoms with E-state index in [4.69, 9.17) is 21.1 Å². The van der Waals surface area contributed by atoms with Crippen LogP contribution >= 0.6 is 39.9 Å². The van der Waals surface area contributed by atoms with Gasteiger partial charge in [-0.15, -0.1) is 0 Å². The third-order valence-corrected chi connectivity index (χ3v) is 6.76. The smallest absolute Gasteiger partial charge is 0.339 e. The van der Waals surface area contributed by atoms with E-state index in [0.717, 1.165) is 17.3 Å². The molecule has 0 bridgehead atoms. The van der Waals surface area contributed by atoms with E-state index in [2.05, 4.69) is 21.2 Å². The standard InChI is InChI=1S/C19H16BrNO5S3/c1-3-25-15-9-12(10-16-18(22)21-19(27)28-16)8-14(20)17(15)26-29(23,24)13-6-4-11(2)5-7-13/h4-10H,3H2,1-2H3,(H,21,22,27). The number of carbonyl (C=O) groups excluding carboxylic acids is 1. The normalized spacial score (nSPS) is 15.5. The molecule has 2 aromatic rings. The summed E-state index contributed by atoms with van der Waals surface area (Å²) in [7, 11) is -4.06. The molecule has 1 aliphatic rings. The van der Waals surface area contributed by atoms with E-state index >= 15 is 0 Å². The number of nitrogens with one attached hydrogen (secondary N) is 1. The fraction of sp³-hybridized carbons (Fsp3) is 0.158. The maximum Gasteiger partial charge on any atom is 0.339 e. The van der Waals surface area contributed by atoms with Gasteiger partial charge in [0.1, 0.15) is 9.22 Å². The third-order valence-electron chi connectivity index (χ3n) is 3.77. The predicted octanol–water partition coefficient (Wildman–Crippen LogP) is 4.41. The van der Waals surface area contributed by atoms with Crippen LogP contribution in [0.4, 0.5) is 0 Å². The molecule has 10 heteroatoms. The van der Waals surface area contributed by atoms with Gasteiger partial charge < -0.3 is 14.2 Å². The van der Waals surface area contributed by atoms with E-state index in [1.807, 2.05) is 6.92 Å². The second-order valence-electron chi connectivity index (χ2n) is 5.97. The van der Waals surface area contributed by atoms with Gasteiger partial charge in [-0.05, 0) is 65.7 Å². The Hall–Kier alpha value is -1.88. The lowest BCUT2D eigenvalue weighted by Gasteiger charge is -2.14. The quantitative estimate of drug-likeness (QED) is 0.348. The Bertz CT molecular complexity index is 1110. The zero-order chi connectivity index (χ0) is 21.2. The van der Waals surface area contributed by atoms with Gasteiger partial charge in [0.25, 0.3) is 5.91 Å². The number of halogens is 1. The number of ether oxygens (including phenoxy) is 1. The summed E-state index contributed by atoms with van der Waals surface area (Å²) in [5, 5.41) is 2.55. The SMILES string of the molecule is CCOc1cc(C=C2SC(=S)NC2=O)cc(Br)c1OS(=O)(=O)c1ccc(C)cc1. The van der Waals surface area contributed by atoms with E-state index in [0.29, 0.717) is 25.9 Å². The molecule has 0 saturated carbocycles. The number of thiocarbonyl (C=S) groups is 1. The molecule has 1 aliphatic heterocycles. The molecule has 1 N–H and O–H groups in total. The number of thioether (sulfide) groups is 1. The molecule has 2 aromatic carbocycles. The molecule has 152 valence electrons. The summed E-state index contributed by atoms with van der Waals surface area (Å²) >= 11 is 9.49. The molecule has 0 spiro atoms. The second kappa shape index (κ2) is 8.86. The van der Waals surface area contributed by atoms with Gasteiger partial charge in [0.2, 0.25) is 0 Å². The Kier molecular flexibility index (Phi) is 6.67. The second-order valence-corrected chi connectivity index (χ2v) is 10.1. The first kappa shape index (κ1) is 21.8. The van der Waals surface area contributed by atoms with Gasteiger partial charge in [-0.25, -0.2) is 0 Å². The largest absolute Gasteiger partial charge is 0.490 e. The van der Waals surface area contributed by atoms with Crippen molar-refractivity contribution in [3.8, 4) is 11.5 Å². The lowest BCUT2D eigenvalue weighted by Crippen LogP contribution is -2.17. The highest BCUT2D eigenvalue weighted by atomic mass is 79.9. The lowest BCUT2D eigenvalue weighted by molar-refractivity contribution is -0.115. The average Bonchev–Trinajstić information content (AvgIpc) is 2.95. The summed E-state index contributed by atoms with van der Waals surface area (Å²) in [4.78, 5) is 12.4. The van der Waals surface area contributed by atoms with Crippen LogP contribution in [0.25, 0.3) is 6.08 Å². The molecule has 0 atom stereocenters. The van der Waals surface area contributed by atoms with E-state index < -0.39 is 10.1 Å². The van der Waals surface area contributed by atoms with Gasteiger partial charge in [0, 0.05) is 0 Å². The van der Waals surface area contributed by atoms with Gasteiger partial charge in [-0.1, -0.05) is 41.7 Å². The molecule has 1 heterocycles. The molecular formula is C19H16BrNO5S3.